The van der Waals surface area contributed by atoms with Crippen molar-refractivity contribution in [1.29, 1.82) is 0 Å². The van der Waals surface area contributed by atoms with E-state index in [0.29, 0.717) is 50.0 Å². The Labute approximate surface area is 190 Å². The summed E-state index contributed by atoms with van der Waals surface area (Å²) in [4.78, 5) is 17.3. The van der Waals surface area contributed by atoms with Crippen molar-refractivity contribution in [2.75, 3.05) is 26.6 Å². The number of aromatic nitrogens is 2. The molecule has 1 atom stereocenters. The van der Waals surface area contributed by atoms with E-state index in [1.54, 1.807) is 18.2 Å². The molecule has 4 heterocycles. The van der Waals surface area contributed by atoms with Crippen LogP contribution in [0.3, 0.4) is 0 Å². The second kappa shape index (κ2) is 8.32. The average molecular weight is 449 g/mol. The lowest BCUT2D eigenvalue weighted by atomic mass is 10.1. The fourth-order valence-electron chi connectivity index (χ4n) is 4.12. The van der Waals surface area contributed by atoms with E-state index in [9.17, 15) is 4.79 Å². The smallest absolute Gasteiger partial charge is 0.251 e. The van der Waals surface area contributed by atoms with Crippen molar-refractivity contribution >= 4 is 5.91 Å². The highest BCUT2D eigenvalue weighted by Gasteiger charge is 2.23. The first-order valence-electron chi connectivity index (χ1n) is 11.0. The molecule has 0 radical (unpaired) electrons. The number of ether oxygens (including phenoxy) is 5. The second-order valence-corrected chi connectivity index (χ2v) is 8.12. The third-order valence-corrected chi connectivity index (χ3v) is 5.88. The summed E-state index contributed by atoms with van der Waals surface area (Å²) in [5.41, 5.74) is 2.35. The molecule has 2 aromatic carbocycles. The maximum absolute atomic E-state index is 12.6. The normalized spacial score (nSPS) is 18.4. The number of amides is 1. The van der Waals surface area contributed by atoms with Gasteiger partial charge in [0.15, 0.2) is 23.0 Å². The topological polar surface area (TPSA) is 93.1 Å². The Bertz CT molecular complexity index is 1210. The Balaban J connectivity index is 1.11. The standard InChI is InChI=1S/C24H23N3O6/c28-24(16-3-5-20-22(9-16)33-14-32-20)25-10-17-11-27-12-18(26-23(27)13-31-17)15-2-4-19-21(8-15)30-7-1-6-29-19/h2-5,8-9,12,17H,1,6-7,10-11,13-14H2,(H,25,28). The zero-order chi connectivity index (χ0) is 22.2. The van der Waals surface area contributed by atoms with E-state index in [1.807, 2.05) is 24.4 Å². The Morgan fingerprint density at radius 2 is 1.79 bits per heavy atom. The molecule has 3 aliphatic rings. The molecule has 9 heteroatoms. The number of carbonyl (C=O) groups is 1. The van der Waals surface area contributed by atoms with Gasteiger partial charge in [0.05, 0.1) is 31.6 Å². The first kappa shape index (κ1) is 19.9. The third-order valence-electron chi connectivity index (χ3n) is 5.88. The van der Waals surface area contributed by atoms with Crippen LogP contribution in [-0.4, -0.2) is 48.1 Å². The van der Waals surface area contributed by atoms with Crippen LogP contribution in [0, 0.1) is 0 Å². The summed E-state index contributed by atoms with van der Waals surface area (Å²) in [6.07, 6.45) is 2.73. The highest BCUT2D eigenvalue weighted by Crippen LogP contribution is 2.35. The molecule has 3 aliphatic heterocycles. The maximum Gasteiger partial charge on any atom is 0.251 e. The largest absolute Gasteiger partial charge is 0.490 e. The van der Waals surface area contributed by atoms with Crippen LogP contribution in [0.2, 0.25) is 0 Å². The summed E-state index contributed by atoms with van der Waals surface area (Å²) in [5, 5.41) is 2.94. The van der Waals surface area contributed by atoms with E-state index >= 15 is 0 Å². The molecule has 33 heavy (non-hydrogen) atoms. The lowest BCUT2D eigenvalue weighted by Crippen LogP contribution is -2.38. The van der Waals surface area contributed by atoms with Crippen molar-refractivity contribution in [3.63, 3.8) is 0 Å². The molecule has 6 rings (SSSR count). The van der Waals surface area contributed by atoms with E-state index in [4.69, 9.17) is 28.7 Å². The number of hydrogen-bond donors (Lipinski definition) is 1. The number of hydrogen-bond acceptors (Lipinski definition) is 7. The monoisotopic (exact) mass is 449 g/mol. The molecular weight excluding hydrogens is 426 g/mol. The number of rotatable bonds is 4. The summed E-state index contributed by atoms with van der Waals surface area (Å²) < 4.78 is 30.2. The number of benzene rings is 2. The van der Waals surface area contributed by atoms with Crippen LogP contribution in [0.25, 0.3) is 11.3 Å². The van der Waals surface area contributed by atoms with Crippen molar-refractivity contribution in [3.05, 3.63) is 54.0 Å². The highest BCUT2D eigenvalue weighted by atomic mass is 16.7. The molecule has 9 nitrogen and oxygen atoms in total. The molecule has 1 unspecified atom stereocenters. The number of fused-ring (bicyclic) bond motifs is 3. The summed E-state index contributed by atoms with van der Waals surface area (Å²) >= 11 is 0. The third kappa shape index (κ3) is 3.95. The second-order valence-electron chi connectivity index (χ2n) is 8.12. The van der Waals surface area contributed by atoms with Crippen molar-refractivity contribution in [2.45, 2.75) is 25.7 Å². The van der Waals surface area contributed by atoms with Gasteiger partial charge >= 0.3 is 0 Å². The van der Waals surface area contributed by atoms with E-state index in [0.717, 1.165) is 35.0 Å². The lowest BCUT2D eigenvalue weighted by molar-refractivity contribution is 0.00327. The lowest BCUT2D eigenvalue weighted by Gasteiger charge is -2.24. The van der Waals surface area contributed by atoms with Crippen molar-refractivity contribution in [3.8, 4) is 34.3 Å². The van der Waals surface area contributed by atoms with Crippen LogP contribution in [0.1, 0.15) is 22.6 Å². The average Bonchev–Trinajstić information content (AvgIpc) is 3.42. The SMILES string of the molecule is O=C(NCC1Cn2cc(-c3ccc4c(c3)OCCCO4)nc2CO1)c1ccc2c(c1)OCO2. The predicted molar refractivity (Wildman–Crippen MR) is 117 cm³/mol. The number of imidazole rings is 1. The molecule has 3 aromatic rings. The minimum Gasteiger partial charge on any atom is -0.490 e. The van der Waals surface area contributed by atoms with Crippen molar-refractivity contribution < 1.29 is 28.5 Å². The molecular formula is C24H23N3O6. The Morgan fingerprint density at radius 3 is 2.73 bits per heavy atom. The van der Waals surface area contributed by atoms with Crippen LogP contribution in [-0.2, 0) is 17.9 Å². The summed E-state index contributed by atoms with van der Waals surface area (Å²) in [5.74, 6) is 3.43. The molecule has 0 aliphatic carbocycles. The molecule has 1 N–H and O–H groups in total. The molecule has 170 valence electrons. The maximum atomic E-state index is 12.6. The van der Waals surface area contributed by atoms with Crippen LogP contribution in [0.4, 0.5) is 0 Å². The molecule has 0 saturated heterocycles. The molecule has 0 fully saturated rings. The van der Waals surface area contributed by atoms with Gasteiger partial charge in [-0.25, -0.2) is 4.98 Å². The first-order chi connectivity index (χ1) is 16.2. The zero-order valence-electron chi connectivity index (χ0n) is 17.9. The Morgan fingerprint density at radius 1 is 1.00 bits per heavy atom. The number of nitrogens with one attached hydrogen (secondary N) is 1. The van der Waals surface area contributed by atoms with Crippen LogP contribution in [0.15, 0.2) is 42.6 Å². The van der Waals surface area contributed by atoms with E-state index < -0.39 is 0 Å². The number of carbonyl (C=O) groups excluding carboxylic acids is 1. The van der Waals surface area contributed by atoms with Gasteiger partial charge in [-0.2, -0.15) is 0 Å². The highest BCUT2D eigenvalue weighted by molar-refractivity contribution is 5.94. The Hall–Kier alpha value is -3.72. The van der Waals surface area contributed by atoms with Crippen LogP contribution >= 0.6 is 0 Å². The van der Waals surface area contributed by atoms with Crippen molar-refractivity contribution in [1.82, 2.24) is 14.9 Å². The fraction of sp³-hybridized carbons (Fsp3) is 0.333. The van der Waals surface area contributed by atoms with E-state index in [2.05, 4.69) is 9.88 Å². The van der Waals surface area contributed by atoms with Gasteiger partial charge in [0, 0.05) is 30.3 Å². The van der Waals surface area contributed by atoms with E-state index in [1.165, 1.54) is 0 Å². The Kier molecular flexibility index (Phi) is 5.03. The van der Waals surface area contributed by atoms with Crippen molar-refractivity contribution in [2.24, 2.45) is 0 Å². The van der Waals surface area contributed by atoms with Gasteiger partial charge in [-0.3, -0.25) is 4.79 Å². The predicted octanol–water partition coefficient (Wildman–Crippen LogP) is 2.77. The quantitative estimate of drug-likeness (QED) is 0.655. The van der Waals surface area contributed by atoms with Crippen LogP contribution in [0.5, 0.6) is 23.0 Å². The van der Waals surface area contributed by atoms with Gasteiger partial charge in [-0.1, -0.05) is 0 Å². The zero-order valence-corrected chi connectivity index (χ0v) is 17.9. The summed E-state index contributed by atoms with van der Waals surface area (Å²) in [6.45, 7) is 2.87. The first-order valence-corrected chi connectivity index (χ1v) is 11.0. The van der Waals surface area contributed by atoms with Gasteiger partial charge in [0.25, 0.3) is 5.91 Å². The van der Waals surface area contributed by atoms with Gasteiger partial charge < -0.3 is 33.6 Å². The summed E-state index contributed by atoms with van der Waals surface area (Å²) in [7, 11) is 0. The fourth-order valence-corrected chi connectivity index (χ4v) is 4.12. The molecule has 0 bridgehead atoms. The van der Waals surface area contributed by atoms with Gasteiger partial charge in [-0.15, -0.1) is 0 Å². The molecule has 1 amide bonds. The minimum absolute atomic E-state index is 0.152. The van der Waals surface area contributed by atoms with E-state index in [-0.39, 0.29) is 18.8 Å². The molecule has 0 spiro atoms. The molecule has 1 aromatic heterocycles. The minimum atomic E-state index is -0.179. The molecule has 0 saturated carbocycles. The van der Waals surface area contributed by atoms with Crippen LogP contribution < -0.4 is 24.3 Å². The van der Waals surface area contributed by atoms with Gasteiger partial charge in [0.1, 0.15) is 12.4 Å². The van der Waals surface area contributed by atoms with Gasteiger partial charge in [-0.05, 0) is 36.4 Å². The van der Waals surface area contributed by atoms with Gasteiger partial charge in [0.2, 0.25) is 6.79 Å². The summed E-state index contributed by atoms with van der Waals surface area (Å²) in [6, 6.07) is 11.0. The number of nitrogens with zero attached hydrogens (tertiary/aromatic N) is 2.